The first-order chi connectivity index (χ1) is 14.3. The summed E-state index contributed by atoms with van der Waals surface area (Å²) < 4.78 is 2.21. The van der Waals surface area contributed by atoms with Crippen molar-refractivity contribution in [2.45, 2.75) is 32.7 Å². The zero-order chi connectivity index (χ0) is 20.3. The van der Waals surface area contributed by atoms with Crippen molar-refractivity contribution < 1.29 is 0 Å². The van der Waals surface area contributed by atoms with Crippen LogP contribution in [0.1, 0.15) is 36.7 Å². The summed E-state index contributed by atoms with van der Waals surface area (Å²) in [5.41, 5.74) is 2.60. The highest BCUT2D eigenvalue weighted by molar-refractivity contribution is 14.0. The maximum atomic E-state index is 4.77. The topological polar surface area (TPSA) is 54.2 Å². The van der Waals surface area contributed by atoms with E-state index in [1.807, 2.05) is 24.5 Å². The second-order valence-electron chi connectivity index (χ2n) is 7.17. The molecule has 0 fully saturated rings. The quantitative estimate of drug-likeness (QED) is 0.251. The lowest BCUT2D eigenvalue weighted by molar-refractivity contribution is 0.691. The summed E-state index contributed by atoms with van der Waals surface area (Å²) in [5.74, 6) is 2.32. The minimum absolute atomic E-state index is 0. The van der Waals surface area contributed by atoms with E-state index < -0.39 is 0 Å². The molecule has 160 valence electrons. The normalized spacial score (nSPS) is 12.1. The molecule has 0 radical (unpaired) electrons. The maximum absolute atomic E-state index is 4.77. The first-order valence-corrected chi connectivity index (χ1v) is 10.4. The van der Waals surface area contributed by atoms with Crippen molar-refractivity contribution >= 4 is 29.9 Å². The van der Waals surface area contributed by atoms with Crippen molar-refractivity contribution in [2.24, 2.45) is 4.99 Å². The Hall–Kier alpha value is -2.35. The van der Waals surface area contributed by atoms with Crippen molar-refractivity contribution in [2.75, 3.05) is 19.6 Å². The summed E-state index contributed by atoms with van der Waals surface area (Å²) in [7, 11) is 0. The van der Waals surface area contributed by atoms with E-state index in [2.05, 4.69) is 82.6 Å². The zero-order valence-corrected chi connectivity index (χ0v) is 20.1. The number of nitrogens with zero attached hydrogens (tertiary/aromatic N) is 3. The summed E-state index contributed by atoms with van der Waals surface area (Å²) in [6, 6.07) is 21.0. The van der Waals surface area contributed by atoms with Crippen LogP contribution in [0.5, 0.6) is 0 Å². The van der Waals surface area contributed by atoms with Gasteiger partial charge in [-0.25, -0.2) is 4.98 Å². The Kier molecular flexibility index (Phi) is 10.4. The second-order valence-corrected chi connectivity index (χ2v) is 7.17. The summed E-state index contributed by atoms with van der Waals surface area (Å²) in [6.07, 6.45) is 4.76. The third-order valence-electron chi connectivity index (χ3n) is 4.87. The van der Waals surface area contributed by atoms with Crippen molar-refractivity contribution in [3.63, 3.8) is 0 Å². The van der Waals surface area contributed by atoms with Gasteiger partial charge in [-0.15, -0.1) is 24.0 Å². The number of hydrogen-bond acceptors (Lipinski definition) is 2. The number of nitrogens with one attached hydrogen (secondary N) is 2. The molecule has 1 unspecified atom stereocenters. The lowest BCUT2D eigenvalue weighted by Crippen LogP contribution is -2.38. The van der Waals surface area contributed by atoms with E-state index in [0.717, 1.165) is 44.4 Å². The lowest BCUT2D eigenvalue weighted by Gasteiger charge is -2.14. The fourth-order valence-electron chi connectivity index (χ4n) is 3.24. The fraction of sp³-hybridized carbons (Fsp3) is 0.333. The molecule has 2 aromatic carbocycles. The summed E-state index contributed by atoms with van der Waals surface area (Å²) >= 11 is 0. The van der Waals surface area contributed by atoms with E-state index in [1.54, 1.807) is 0 Å². The van der Waals surface area contributed by atoms with Gasteiger partial charge in [0.2, 0.25) is 0 Å². The van der Waals surface area contributed by atoms with Crippen LogP contribution in [0.2, 0.25) is 0 Å². The number of imidazole rings is 1. The fourth-order valence-corrected chi connectivity index (χ4v) is 3.24. The van der Waals surface area contributed by atoms with Gasteiger partial charge in [-0.1, -0.05) is 67.6 Å². The maximum Gasteiger partial charge on any atom is 0.191 e. The minimum Gasteiger partial charge on any atom is -0.357 e. The van der Waals surface area contributed by atoms with E-state index in [-0.39, 0.29) is 24.0 Å². The van der Waals surface area contributed by atoms with Crippen LogP contribution in [0, 0.1) is 0 Å². The highest BCUT2D eigenvalue weighted by atomic mass is 127. The van der Waals surface area contributed by atoms with Crippen molar-refractivity contribution in [1.82, 2.24) is 20.2 Å². The Labute approximate surface area is 197 Å². The number of aromatic nitrogens is 2. The molecule has 1 aromatic heterocycles. The molecule has 1 atom stereocenters. The Morgan fingerprint density at radius 1 is 1.03 bits per heavy atom. The smallest absolute Gasteiger partial charge is 0.191 e. The van der Waals surface area contributed by atoms with Gasteiger partial charge in [0.25, 0.3) is 0 Å². The average molecular weight is 517 g/mol. The average Bonchev–Trinajstić information content (AvgIpc) is 3.20. The molecule has 0 aliphatic heterocycles. The van der Waals surface area contributed by atoms with Gasteiger partial charge in [0.1, 0.15) is 5.82 Å². The molecule has 0 amide bonds. The van der Waals surface area contributed by atoms with E-state index in [9.17, 15) is 0 Å². The van der Waals surface area contributed by atoms with Gasteiger partial charge < -0.3 is 15.2 Å². The Morgan fingerprint density at radius 3 is 2.43 bits per heavy atom. The third kappa shape index (κ3) is 7.48. The number of guanidine groups is 1. The molecule has 0 aliphatic carbocycles. The molecule has 3 rings (SSSR count). The largest absolute Gasteiger partial charge is 0.357 e. The minimum atomic E-state index is 0. The Balaban J connectivity index is 0.00000320. The molecule has 0 saturated heterocycles. The SMILES string of the molecule is CCNC(=NCC(C)c1ccccc1)NCCc1nccn1Cc1ccccc1.I. The number of aliphatic imine (C=N–C) groups is 1. The molecule has 0 saturated carbocycles. The second kappa shape index (κ2) is 13.1. The summed E-state index contributed by atoms with van der Waals surface area (Å²) in [5, 5.41) is 6.78. The molecular weight excluding hydrogens is 485 g/mol. The van der Waals surface area contributed by atoms with Crippen LogP contribution in [-0.4, -0.2) is 35.1 Å². The molecule has 0 aliphatic rings. The number of benzene rings is 2. The molecule has 1 heterocycles. The lowest BCUT2D eigenvalue weighted by atomic mass is 10.0. The van der Waals surface area contributed by atoms with Gasteiger partial charge in [-0.2, -0.15) is 0 Å². The van der Waals surface area contributed by atoms with Gasteiger partial charge in [0.15, 0.2) is 5.96 Å². The van der Waals surface area contributed by atoms with Gasteiger partial charge in [0.05, 0.1) is 0 Å². The van der Waals surface area contributed by atoms with Gasteiger partial charge in [-0.3, -0.25) is 4.99 Å². The van der Waals surface area contributed by atoms with Crippen LogP contribution in [0.3, 0.4) is 0 Å². The molecule has 6 heteroatoms. The highest BCUT2D eigenvalue weighted by Crippen LogP contribution is 2.14. The molecule has 2 N–H and O–H groups in total. The van der Waals surface area contributed by atoms with Crippen LogP contribution in [0.4, 0.5) is 0 Å². The highest BCUT2D eigenvalue weighted by Gasteiger charge is 2.07. The zero-order valence-electron chi connectivity index (χ0n) is 17.8. The van der Waals surface area contributed by atoms with Gasteiger partial charge in [-0.05, 0) is 18.1 Å². The molecule has 0 bridgehead atoms. The van der Waals surface area contributed by atoms with Crippen LogP contribution in [-0.2, 0) is 13.0 Å². The number of rotatable bonds is 9. The van der Waals surface area contributed by atoms with Gasteiger partial charge in [0, 0.05) is 50.9 Å². The molecule has 0 spiro atoms. The van der Waals surface area contributed by atoms with E-state index in [1.165, 1.54) is 11.1 Å². The van der Waals surface area contributed by atoms with E-state index >= 15 is 0 Å². The summed E-state index contributed by atoms with van der Waals surface area (Å²) in [4.78, 5) is 9.30. The summed E-state index contributed by atoms with van der Waals surface area (Å²) in [6.45, 7) is 7.53. The monoisotopic (exact) mass is 517 g/mol. The standard InChI is InChI=1S/C24H31N5.HI/c1-3-25-24(28-18-20(2)22-12-8-5-9-13-22)27-15-14-23-26-16-17-29(23)19-21-10-6-4-7-11-21;/h4-13,16-17,20H,3,14-15,18-19H2,1-2H3,(H2,25,27,28);1H. The van der Waals surface area contributed by atoms with Crippen LogP contribution in [0.25, 0.3) is 0 Å². The number of halogens is 1. The Bertz CT molecular complexity index is 877. The molecular formula is C24H32IN5. The molecule has 3 aromatic rings. The van der Waals surface area contributed by atoms with Crippen LogP contribution < -0.4 is 10.6 Å². The predicted octanol–water partition coefficient (Wildman–Crippen LogP) is 4.45. The van der Waals surface area contributed by atoms with Crippen molar-refractivity contribution in [1.29, 1.82) is 0 Å². The Morgan fingerprint density at radius 2 is 1.73 bits per heavy atom. The molecule has 5 nitrogen and oxygen atoms in total. The van der Waals surface area contributed by atoms with Crippen LogP contribution in [0.15, 0.2) is 78.0 Å². The first kappa shape index (κ1) is 23.9. The van der Waals surface area contributed by atoms with Crippen LogP contribution >= 0.6 is 24.0 Å². The van der Waals surface area contributed by atoms with Crippen molar-refractivity contribution in [3.05, 3.63) is 90.0 Å². The van der Waals surface area contributed by atoms with Crippen molar-refractivity contribution in [3.8, 4) is 0 Å². The van der Waals surface area contributed by atoms with Gasteiger partial charge >= 0.3 is 0 Å². The first-order valence-electron chi connectivity index (χ1n) is 10.4. The third-order valence-corrected chi connectivity index (χ3v) is 4.87. The molecule has 30 heavy (non-hydrogen) atoms. The predicted molar refractivity (Wildman–Crippen MR) is 136 cm³/mol. The van der Waals surface area contributed by atoms with E-state index in [0.29, 0.717) is 5.92 Å². The number of hydrogen-bond donors (Lipinski definition) is 2. The van der Waals surface area contributed by atoms with E-state index in [4.69, 9.17) is 4.99 Å².